The van der Waals surface area contributed by atoms with Gasteiger partial charge in [-0.1, -0.05) is 13.5 Å². The van der Waals surface area contributed by atoms with Crippen molar-refractivity contribution in [2.45, 2.75) is 39.8 Å². The lowest BCUT2D eigenvalue weighted by atomic mass is 10.1. The largest absolute Gasteiger partial charge is 0.489 e. The van der Waals surface area contributed by atoms with Gasteiger partial charge in [-0.3, -0.25) is 4.79 Å². The number of nitrogens with zero attached hydrogens (tertiary/aromatic N) is 1. The van der Waals surface area contributed by atoms with E-state index >= 15 is 0 Å². The van der Waals surface area contributed by atoms with E-state index in [1.54, 1.807) is 31.2 Å². The molecule has 8 heteroatoms. The van der Waals surface area contributed by atoms with Crippen LogP contribution in [0.5, 0.6) is 5.75 Å². The van der Waals surface area contributed by atoms with Crippen LogP contribution >= 0.6 is 11.3 Å². The van der Waals surface area contributed by atoms with Gasteiger partial charge in [0.25, 0.3) is 5.91 Å². The number of rotatable bonds is 7. The monoisotopic (exact) mass is 427 g/mol. The number of thiophene rings is 1. The van der Waals surface area contributed by atoms with Crippen molar-refractivity contribution in [3.8, 4) is 5.75 Å². The number of nitrogens with one attached hydrogen (secondary N) is 1. The van der Waals surface area contributed by atoms with Crippen LogP contribution in [0.2, 0.25) is 0 Å². The number of hydrogen-bond donors (Lipinski definition) is 2. The summed E-state index contributed by atoms with van der Waals surface area (Å²) in [5.41, 5.74) is 7.85. The predicted molar refractivity (Wildman–Crippen MR) is 118 cm³/mol. The third kappa shape index (κ3) is 4.54. The summed E-state index contributed by atoms with van der Waals surface area (Å²) >= 11 is 1.40. The number of amides is 1. The molecule has 0 atom stereocenters. The van der Waals surface area contributed by atoms with Crippen LogP contribution in [0.15, 0.2) is 35.8 Å². The zero-order chi connectivity index (χ0) is 20.4. The second-order valence-electron chi connectivity index (χ2n) is 6.81. The normalized spacial score (nSPS) is 12.8. The lowest BCUT2D eigenvalue weighted by Gasteiger charge is -2.09. The lowest BCUT2D eigenvalue weighted by Crippen LogP contribution is -2.25. The van der Waals surface area contributed by atoms with Crippen molar-refractivity contribution < 1.29 is 19.1 Å². The number of anilines is 1. The Labute approximate surface area is 179 Å². The second-order valence-corrected chi connectivity index (χ2v) is 7.69. The maximum absolute atomic E-state index is 12.2. The van der Waals surface area contributed by atoms with E-state index in [9.17, 15) is 9.59 Å². The Morgan fingerprint density at radius 3 is 2.87 bits per heavy atom. The molecule has 0 saturated heterocycles. The fraction of sp³-hybridized carbons (Fsp3) is 0.318. The summed E-state index contributed by atoms with van der Waals surface area (Å²) in [6.45, 7) is 2.29. The topological polar surface area (TPSA) is 104 Å². The third-order valence-electron chi connectivity index (χ3n) is 4.60. The van der Waals surface area contributed by atoms with Gasteiger partial charge < -0.3 is 20.5 Å². The minimum absolute atomic E-state index is 0. The highest BCUT2D eigenvalue weighted by Gasteiger charge is 2.24. The summed E-state index contributed by atoms with van der Waals surface area (Å²) in [5, 5.41) is 5.56. The van der Waals surface area contributed by atoms with Crippen molar-refractivity contribution in [3.63, 3.8) is 0 Å². The maximum Gasteiger partial charge on any atom is 0.341 e. The van der Waals surface area contributed by atoms with Gasteiger partial charge in [0.15, 0.2) is 0 Å². The number of aromatic nitrogens is 1. The molecule has 4 rings (SSSR count). The first-order valence-corrected chi connectivity index (χ1v) is 10.3. The van der Waals surface area contributed by atoms with Crippen molar-refractivity contribution in [3.05, 3.63) is 52.5 Å². The molecule has 0 bridgehead atoms. The van der Waals surface area contributed by atoms with E-state index in [0.717, 1.165) is 23.1 Å². The first-order valence-electron chi connectivity index (χ1n) is 9.42. The first kappa shape index (κ1) is 21.6. The van der Waals surface area contributed by atoms with Crippen LogP contribution in [0.1, 0.15) is 53.5 Å². The number of pyridine rings is 1. The molecule has 0 unspecified atom stereocenters. The van der Waals surface area contributed by atoms with Crippen LogP contribution in [0.4, 0.5) is 5.82 Å². The molecule has 1 amide bonds. The number of nitrogens with two attached hydrogens (primary N) is 1. The van der Waals surface area contributed by atoms with Gasteiger partial charge in [-0.2, -0.15) is 0 Å². The summed E-state index contributed by atoms with van der Waals surface area (Å²) in [6.07, 6.45) is 3.52. The molecule has 1 fully saturated rings. The number of esters is 1. The zero-order valence-corrected chi connectivity index (χ0v) is 16.8. The molecule has 0 spiro atoms. The van der Waals surface area contributed by atoms with Gasteiger partial charge in [-0.05, 0) is 43.3 Å². The van der Waals surface area contributed by atoms with Gasteiger partial charge in [0.05, 0.1) is 16.9 Å². The van der Waals surface area contributed by atoms with Crippen LogP contribution < -0.4 is 15.8 Å². The summed E-state index contributed by atoms with van der Waals surface area (Å²) < 4.78 is 11.7. The van der Waals surface area contributed by atoms with E-state index < -0.39 is 5.97 Å². The highest BCUT2D eigenvalue weighted by Crippen LogP contribution is 2.33. The van der Waals surface area contributed by atoms with E-state index in [1.807, 2.05) is 5.38 Å². The van der Waals surface area contributed by atoms with Gasteiger partial charge in [-0.15, -0.1) is 11.3 Å². The summed E-state index contributed by atoms with van der Waals surface area (Å²) in [4.78, 5) is 28.5. The molecule has 1 aromatic carbocycles. The minimum Gasteiger partial charge on any atom is -0.489 e. The van der Waals surface area contributed by atoms with Gasteiger partial charge >= 0.3 is 5.97 Å². The summed E-state index contributed by atoms with van der Waals surface area (Å²) in [5.74, 6) is 0.409. The number of hydrogen-bond acceptors (Lipinski definition) is 7. The Kier molecular flexibility index (Phi) is 6.56. The Hall–Kier alpha value is -3.13. The van der Waals surface area contributed by atoms with E-state index in [4.69, 9.17) is 15.2 Å². The number of nitrogen functional groups attached to an aromatic ring is 1. The van der Waals surface area contributed by atoms with Gasteiger partial charge in [-0.25, -0.2) is 9.78 Å². The Balaban J connectivity index is 0.00000256. The van der Waals surface area contributed by atoms with Crippen molar-refractivity contribution in [2.75, 3.05) is 12.3 Å². The lowest BCUT2D eigenvalue weighted by molar-refractivity contribution is 0.0528. The predicted octanol–water partition coefficient (Wildman–Crippen LogP) is 4.16. The molecule has 0 aliphatic heterocycles. The molecule has 1 saturated carbocycles. The molecular weight excluding hydrogens is 402 g/mol. The quantitative estimate of drug-likeness (QED) is 0.549. The molecule has 1 aliphatic carbocycles. The van der Waals surface area contributed by atoms with Crippen LogP contribution in [-0.2, 0) is 11.3 Å². The SMILES string of the molecule is C.CCOC(=O)c1cnc(N)c2c(COc3cccc(C(=O)NC4CC4)c3)csc12. The van der Waals surface area contributed by atoms with Gasteiger partial charge in [0, 0.05) is 28.8 Å². The van der Waals surface area contributed by atoms with E-state index in [2.05, 4.69) is 10.3 Å². The standard InChI is InChI=1S/C21H21N3O4S.CH4/c1-2-27-21(26)16-9-23-19(22)17-13(11-29-18(16)17)10-28-15-5-3-4-12(8-15)20(25)24-14-6-7-14;/h3-5,8-9,11,14H,2,6-7,10H2,1H3,(H2,22,23)(H,24,25);1H4. The molecule has 3 N–H and O–H groups in total. The molecule has 1 aliphatic rings. The number of carbonyl (C=O) groups excluding carboxylic acids is 2. The van der Waals surface area contributed by atoms with Crippen molar-refractivity contribution in [1.82, 2.24) is 10.3 Å². The van der Waals surface area contributed by atoms with Crippen LogP contribution in [0, 0.1) is 0 Å². The molecule has 7 nitrogen and oxygen atoms in total. The van der Waals surface area contributed by atoms with Crippen molar-refractivity contribution in [1.29, 1.82) is 0 Å². The average molecular weight is 428 g/mol. The molecule has 30 heavy (non-hydrogen) atoms. The Morgan fingerprint density at radius 2 is 2.13 bits per heavy atom. The molecule has 0 radical (unpaired) electrons. The Morgan fingerprint density at radius 1 is 1.33 bits per heavy atom. The van der Waals surface area contributed by atoms with Crippen molar-refractivity contribution in [2.24, 2.45) is 0 Å². The number of carbonyl (C=O) groups is 2. The van der Waals surface area contributed by atoms with Crippen LogP contribution in [0.3, 0.4) is 0 Å². The molecule has 158 valence electrons. The number of benzene rings is 1. The fourth-order valence-corrected chi connectivity index (χ4v) is 4.04. The summed E-state index contributed by atoms with van der Waals surface area (Å²) in [6, 6.07) is 7.37. The second kappa shape index (κ2) is 9.13. The molecular formula is C22H25N3O4S. The minimum atomic E-state index is -0.423. The van der Waals surface area contributed by atoms with E-state index in [0.29, 0.717) is 34.1 Å². The fourth-order valence-electron chi connectivity index (χ4n) is 2.98. The molecule has 2 aromatic heterocycles. The van der Waals surface area contributed by atoms with Crippen LogP contribution in [0.25, 0.3) is 10.1 Å². The van der Waals surface area contributed by atoms with Crippen LogP contribution in [-0.4, -0.2) is 29.5 Å². The first-order chi connectivity index (χ1) is 14.1. The van der Waals surface area contributed by atoms with E-state index in [1.165, 1.54) is 17.5 Å². The highest BCUT2D eigenvalue weighted by molar-refractivity contribution is 7.17. The molecule has 3 aromatic rings. The zero-order valence-electron chi connectivity index (χ0n) is 15.9. The number of fused-ring (bicyclic) bond motifs is 1. The van der Waals surface area contributed by atoms with Gasteiger partial charge in [0.2, 0.25) is 0 Å². The smallest absolute Gasteiger partial charge is 0.341 e. The van der Waals surface area contributed by atoms with Crippen molar-refractivity contribution >= 4 is 39.1 Å². The average Bonchev–Trinajstić information content (AvgIpc) is 3.43. The number of ether oxygens (including phenoxy) is 2. The summed E-state index contributed by atoms with van der Waals surface area (Å²) in [7, 11) is 0. The Bertz CT molecular complexity index is 1080. The maximum atomic E-state index is 12.2. The van der Waals surface area contributed by atoms with Gasteiger partial charge in [0.1, 0.15) is 18.2 Å². The highest BCUT2D eigenvalue weighted by atomic mass is 32.1. The molecule has 2 heterocycles. The third-order valence-corrected chi connectivity index (χ3v) is 5.66. The van der Waals surface area contributed by atoms with E-state index in [-0.39, 0.29) is 26.5 Å².